The van der Waals surface area contributed by atoms with Crippen LogP contribution in [0.15, 0.2) is 47.4 Å². The van der Waals surface area contributed by atoms with Crippen LogP contribution in [0.4, 0.5) is 0 Å². The van der Waals surface area contributed by atoms with Gasteiger partial charge in [0.05, 0.1) is 10.4 Å². The van der Waals surface area contributed by atoms with Crippen molar-refractivity contribution < 1.29 is 8.42 Å². The zero-order valence-corrected chi connectivity index (χ0v) is 12.0. The predicted molar refractivity (Wildman–Crippen MR) is 79.4 cm³/mol. The first-order chi connectivity index (χ1) is 9.47. The van der Waals surface area contributed by atoms with Crippen molar-refractivity contribution in [2.24, 2.45) is 0 Å². The molecule has 102 valence electrons. The molecule has 0 aliphatic heterocycles. The van der Waals surface area contributed by atoms with Gasteiger partial charge in [-0.25, -0.2) is 13.4 Å². The minimum Gasteiger partial charge on any atom is -0.338 e. The van der Waals surface area contributed by atoms with Gasteiger partial charge in [-0.2, -0.15) is 0 Å². The summed E-state index contributed by atoms with van der Waals surface area (Å²) in [6, 6.07) is 13.0. The summed E-state index contributed by atoms with van der Waals surface area (Å²) < 4.78 is 23.6. The van der Waals surface area contributed by atoms with Gasteiger partial charge >= 0.3 is 0 Å². The first-order valence-corrected chi connectivity index (χ1v) is 8.11. The Kier molecular flexibility index (Phi) is 2.87. The standard InChI is InChI=1S/C15H14N2O2S/c1-10-6-3-4-7-11(10)15-16-12-8-5-9-13(14(12)17-15)20(2,18)19/h3-9H,1-2H3,(H,16,17). The second-order valence-corrected chi connectivity index (χ2v) is 6.81. The number of benzene rings is 2. The molecule has 0 spiro atoms. The van der Waals surface area contributed by atoms with E-state index in [0.717, 1.165) is 16.6 Å². The number of rotatable bonds is 2. The van der Waals surface area contributed by atoms with Crippen molar-refractivity contribution in [2.75, 3.05) is 6.26 Å². The maximum Gasteiger partial charge on any atom is 0.177 e. The third kappa shape index (κ3) is 2.10. The number of nitrogens with one attached hydrogen (secondary N) is 1. The highest BCUT2D eigenvalue weighted by atomic mass is 32.2. The molecule has 4 nitrogen and oxygen atoms in total. The molecule has 0 atom stereocenters. The number of H-pyrrole nitrogens is 1. The SMILES string of the molecule is Cc1ccccc1-c1nc2c(S(C)(=O)=O)cccc2[nH]1. The number of hydrogen-bond acceptors (Lipinski definition) is 3. The Morgan fingerprint density at radius 2 is 1.80 bits per heavy atom. The second kappa shape index (κ2) is 4.45. The lowest BCUT2D eigenvalue weighted by Gasteiger charge is -2.00. The van der Waals surface area contributed by atoms with E-state index in [1.165, 1.54) is 6.26 Å². The van der Waals surface area contributed by atoms with Crippen molar-refractivity contribution in [3.8, 4) is 11.4 Å². The van der Waals surface area contributed by atoms with Gasteiger partial charge in [0, 0.05) is 11.8 Å². The van der Waals surface area contributed by atoms with Crippen molar-refractivity contribution in [1.29, 1.82) is 0 Å². The largest absolute Gasteiger partial charge is 0.338 e. The summed E-state index contributed by atoms with van der Waals surface area (Å²) in [5, 5.41) is 0. The zero-order valence-electron chi connectivity index (χ0n) is 11.2. The molecule has 3 aromatic rings. The maximum absolute atomic E-state index is 11.8. The van der Waals surface area contributed by atoms with Crippen molar-refractivity contribution in [2.45, 2.75) is 11.8 Å². The van der Waals surface area contributed by atoms with Crippen LogP contribution in [0.3, 0.4) is 0 Å². The Bertz CT molecular complexity index is 895. The molecule has 0 fully saturated rings. The molecule has 0 unspecified atom stereocenters. The van der Waals surface area contributed by atoms with E-state index in [0.29, 0.717) is 11.3 Å². The quantitative estimate of drug-likeness (QED) is 0.787. The lowest BCUT2D eigenvalue weighted by molar-refractivity contribution is 0.602. The Morgan fingerprint density at radius 1 is 1.05 bits per heavy atom. The third-order valence-corrected chi connectivity index (χ3v) is 4.40. The van der Waals surface area contributed by atoms with E-state index in [4.69, 9.17) is 0 Å². The van der Waals surface area contributed by atoms with E-state index >= 15 is 0 Å². The van der Waals surface area contributed by atoms with Gasteiger partial charge in [-0.15, -0.1) is 0 Å². The van der Waals surface area contributed by atoms with Crippen LogP contribution in [0.5, 0.6) is 0 Å². The van der Waals surface area contributed by atoms with E-state index < -0.39 is 9.84 Å². The number of hydrogen-bond donors (Lipinski definition) is 1. The van der Waals surface area contributed by atoms with Crippen LogP contribution in [0.25, 0.3) is 22.4 Å². The first kappa shape index (κ1) is 12.9. The summed E-state index contributed by atoms with van der Waals surface area (Å²) in [6.07, 6.45) is 1.20. The normalized spacial score (nSPS) is 11.9. The van der Waals surface area contributed by atoms with E-state index in [2.05, 4.69) is 9.97 Å². The first-order valence-electron chi connectivity index (χ1n) is 6.21. The summed E-state index contributed by atoms with van der Waals surface area (Å²) in [4.78, 5) is 7.92. The smallest absolute Gasteiger partial charge is 0.177 e. The molecule has 0 amide bonds. The Morgan fingerprint density at radius 3 is 2.50 bits per heavy atom. The molecule has 2 aromatic carbocycles. The summed E-state index contributed by atoms with van der Waals surface area (Å²) in [7, 11) is -3.29. The lowest BCUT2D eigenvalue weighted by Crippen LogP contribution is -1.97. The molecular formula is C15H14N2O2S. The summed E-state index contributed by atoms with van der Waals surface area (Å²) >= 11 is 0. The molecule has 20 heavy (non-hydrogen) atoms. The number of sulfone groups is 1. The van der Waals surface area contributed by atoms with Crippen LogP contribution in [-0.4, -0.2) is 24.6 Å². The molecule has 3 rings (SSSR count). The number of aromatic nitrogens is 2. The van der Waals surface area contributed by atoms with E-state index in [1.807, 2.05) is 37.3 Å². The molecule has 0 saturated heterocycles. The van der Waals surface area contributed by atoms with E-state index in [9.17, 15) is 8.42 Å². The summed E-state index contributed by atoms with van der Waals surface area (Å²) in [5.41, 5.74) is 3.29. The number of aromatic amines is 1. The van der Waals surface area contributed by atoms with Crippen molar-refractivity contribution in [3.63, 3.8) is 0 Å². The van der Waals surface area contributed by atoms with Gasteiger partial charge in [0.15, 0.2) is 9.84 Å². The van der Waals surface area contributed by atoms with Gasteiger partial charge in [0.25, 0.3) is 0 Å². The van der Waals surface area contributed by atoms with Crippen molar-refractivity contribution in [3.05, 3.63) is 48.0 Å². The van der Waals surface area contributed by atoms with Gasteiger partial charge in [-0.3, -0.25) is 0 Å². The van der Waals surface area contributed by atoms with Crippen LogP contribution in [-0.2, 0) is 9.84 Å². The van der Waals surface area contributed by atoms with Gasteiger partial charge in [-0.1, -0.05) is 30.3 Å². The fraction of sp³-hybridized carbons (Fsp3) is 0.133. The van der Waals surface area contributed by atoms with Gasteiger partial charge in [0.2, 0.25) is 0 Å². The molecule has 0 saturated carbocycles. The topological polar surface area (TPSA) is 62.8 Å². The molecule has 0 aliphatic rings. The average Bonchev–Trinajstić information content (AvgIpc) is 2.81. The van der Waals surface area contributed by atoms with Gasteiger partial charge in [-0.05, 0) is 24.6 Å². The van der Waals surface area contributed by atoms with E-state index in [-0.39, 0.29) is 4.90 Å². The molecule has 1 aromatic heterocycles. The number of aryl methyl sites for hydroxylation is 1. The monoisotopic (exact) mass is 286 g/mol. The van der Waals surface area contributed by atoms with E-state index in [1.54, 1.807) is 12.1 Å². The van der Waals surface area contributed by atoms with Gasteiger partial charge in [0.1, 0.15) is 11.3 Å². The van der Waals surface area contributed by atoms with Crippen LogP contribution < -0.4 is 0 Å². The van der Waals surface area contributed by atoms with Crippen LogP contribution >= 0.6 is 0 Å². The van der Waals surface area contributed by atoms with Crippen molar-refractivity contribution in [1.82, 2.24) is 9.97 Å². The number of nitrogens with zero attached hydrogens (tertiary/aromatic N) is 1. The summed E-state index contributed by atoms with van der Waals surface area (Å²) in [5.74, 6) is 0.689. The van der Waals surface area contributed by atoms with Gasteiger partial charge < -0.3 is 4.98 Å². The van der Waals surface area contributed by atoms with Crippen LogP contribution in [0.2, 0.25) is 0 Å². The number of para-hydroxylation sites is 1. The fourth-order valence-corrected chi connectivity index (χ4v) is 3.10. The molecular weight excluding hydrogens is 272 g/mol. The zero-order chi connectivity index (χ0) is 14.3. The molecule has 0 radical (unpaired) electrons. The Labute approximate surface area is 117 Å². The maximum atomic E-state index is 11.8. The Balaban J connectivity index is 2.30. The number of imidazole rings is 1. The summed E-state index contributed by atoms with van der Waals surface area (Å²) in [6.45, 7) is 2.00. The highest BCUT2D eigenvalue weighted by Gasteiger charge is 2.16. The highest BCUT2D eigenvalue weighted by Crippen LogP contribution is 2.26. The molecule has 0 aliphatic carbocycles. The molecule has 1 N–H and O–H groups in total. The fourth-order valence-electron chi connectivity index (χ4n) is 2.27. The average molecular weight is 286 g/mol. The van der Waals surface area contributed by atoms with Crippen molar-refractivity contribution >= 4 is 20.9 Å². The molecule has 5 heteroatoms. The predicted octanol–water partition coefficient (Wildman–Crippen LogP) is 2.94. The molecule has 1 heterocycles. The minimum absolute atomic E-state index is 0.256. The third-order valence-electron chi connectivity index (χ3n) is 3.28. The minimum atomic E-state index is -3.29. The molecule has 0 bridgehead atoms. The Hall–Kier alpha value is -2.14. The van der Waals surface area contributed by atoms with Crippen LogP contribution in [0, 0.1) is 6.92 Å². The number of fused-ring (bicyclic) bond motifs is 1. The highest BCUT2D eigenvalue weighted by molar-refractivity contribution is 7.91. The lowest BCUT2D eigenvalue weighted by atomic mass is 10.1. The second-order valence-electron chi connectivity index (χ2n) is 4.82. The van der Waals surface area contributed by atoms with Crippen LogP contribution in [0.1, 0.15) is 5.56 Å².